The van der Waals surface area contributed by atoms with Crippen LogP contribution in [0.3, 0.4) is 0 Å². The van der Waals surface area contributed by atoms with Gasteiger partial charge in [-0.05, 0) is 70.6 Å². The average Bonchev–Trinajstić information content (AvgIpc) is 3.01. The summed E-state index contributed by atoms with van der Waals surface area (Å²) < 4.78 is 21.9. The molecule has 0 aromatic carbocycles. The number of carbonyl (C=O) groups is 1. The van der Waals surface area contributed by atoms with Gasteiger partial charge < -0.3 is 21.1 Å². The van der Waals surface area contributed by atoms with Gasteiger partial charge in [0.1, 0.15) is 0 Å². The van der Waals surface area contributed by atoms with Crippen molar-refractivity contribution >= 4 is 13.7 Å². The molecule has 0 aromatic heterocycles. The van der Waals surface area contributed by atoms with Crippen molar-refractivity contribution in [3.8, 4) is 0 Å². The Kier molecular flexibility index (Phi) is 29.9. The van der Waals surface area contributed by atoms with Crippen molar-refractivity contribution in [2.75, 3.05) is 19.8 Å². The Labute approximate surface area is 268 Å². The number of hydrogen-bond donors (Lipinski definition) is 4. The minimum atomic E-state index is -4.34. The number of amides is 1. The number of unbranched alkanes of at least 4 members (excludes halogenated alkanes) is 10. The Bertz CT molecular complexity index is 871. The minimum absolute atomic E-state index is 0.0663. The molecule has 1 amide bonds. The molecule has 0 aliphatic carbocycles. The molecule has 44 heavy (non-hydrogen) atoms. The number of phosphoric acid groups is 1. The zero-order valence-electron chi connectivity index (χ0n) is 27.6. The number of rotatable bonds is 30. The van der Waals surface area contributed by atoms with Crippen LogP contribution in [0.1, 0.15) is 123 Å². The van der Waals surface area contributed by atoms with Crippen molar-refractivity contribution < 1.29 is 28.4 Å². The molecular weight excluding hydrogens is 575 g/mol. The van der Waals surface area contributed by atoms with Crippen molar-refractivity contribution in [3.63, 3.8) is 0 Å². The van der Waals surface area contributed by atoms with Gasteiger partial charge in [0, 0.05) is 13.0 Å². The van der Waals surface area contributed by atoms with E-state index >= 15 is 0 Å². The standard InChI is InChI=1S/C35H63N2O6P/c1-3-5-7-9-11-13-15-16-17-18-19-21-23-25-27-29-35(39)37-33(32-43-44(40,41)42-31-30-36)34(38)28-26-24-22-20-14-12-10-8-6-4-2/h6,8,11,13-14,16-17,20,26,28,33-34,38H,3-5,7,9-10,12,15,18-19,21-25,27,29-32,36H2,1-2H3,(H,37,39)(H,40,41)/b8-6+,13-11-,17-16-,20-14+,28-26+. The van der Waals surface area contributed by atoms with Crippen LogP contribution >= 0.6 is 7.82 Å². The topological polar surface area (TPSA) is 131 Å². The van der Waals surface area contributed by atoms with E-state index in [0.29, 0.717) is 6.42 Å². The maximum atomic E-state index is 12.6. The van der Waals surface area contributed by atoms with Gasteiger partial charge in [0.2, 0.25) is 5.91 Å². The second kappa shape index (κ2) is 31.2. The predicted octanol–water partition coefficient (Wildman–Crippen LogP) is 8.38. The highest BCUT2D eigenvalue weighted by Crippen LogP contribution is 2.43. The molecule has 0 radical (unpaired) electrons. The molecule has 0 heterocycles. The molecule has 0 aliphatic heterocycles. The fourth-order valence-electron chi connectivity index (χ4n) is 4.26. The number of aliphatic hydroxyl groups excluding tert-OH is 1. The first kappa shape index (κ1) is 42.2. The summed E-state index contributed by atoms with van der Waals surface area (Å²) >= 11 is 0. The van der Waals surface area contributed by atoms with Crippen molar-refractivity contribution in [3.05, 3.63) is 60.8 Å². The Morgan fingerprint density at radius 2 is 1.34 bits per heavy atom. The van der Waals surface area contributed by atoms with Gasteiger partial charge >= 0.3 is 7.82 Å². The fraction of sp³-hybridized carbons (Fsp3) is 0.686. The molecule has 0 saturated heterocycles. The highest BCUT2D eigenvalue weighted by molar-refractivity contribution is 7.47. The van der Waals surface area contributed by atoms with Crippen LogP contribution in [-0.4, -0.2) is 47.8 Å². The quantitative estimate of drug-likeness (QED) is 0.0353. The van der Waals surface area contributed by atoms with E-state index in [1.807, 2.05) is 6.08 Å². The fourth-order valence-corrected chi connectivity index (χ4v) is 5.02. The number of allylic oxidation sites excluding steroid dienone is 9. The van der Waals surface area contributed by atoms with Crippen LogP contribution in [0.2, 0.25) is 0 Å². The van der Waals surface area contributed by atoms with Gasteiger partial charge in [-0.3, -0.25) is 13.8 Å². The first-order chi connectivity index (χ1) is 21.4. The van der Waals surface area contributed by atoms with Crippen molar-refractivity contribution in [1.82, 2.24) is 5.32 Å². The Morgan fingerprint density at radius 3 is 1.98 bits per heavy atom. The molecule has 0 fully saturated rings. The minimum Gasteiger partial charge on any atom is -0.387 e. The molecule has 0 aliphatic rings. The van der Waals surface area contributed by atoms with Gasteiger partial charge in [0.05, 0.1) is 25.4 Å². The van der Waals surface area contributed by atoms with Crippen molar-refractivity contribution in [2.45, 2.75) is 135 Å². The molecule has 8 nitrogen and oxygen atoms in total. The monoisotopic (exact) mass is 638 g/mol. The lowest BCUT2D eigenvalue weighted by Crippen LogP contribution is -2.45. The number of hydrogen-bond acceptors (Lipinski definition) is 6. The summed E-state index contributed by atoms with van der Waals surface area (Å²) in [6.45, 7) is 3.90. The summed E-state index contributed by atoms with van der Waals surface area (Å²) in [7, 11) is -4.34. The largest absolute Gasteiger partial charge is 0.472 e. The zero-order valence-corrected chi connectivity index (χ0v) is 28.5. The lowest BCUT2D eigenvalue weighted by molar-refractivity contribution is -0.123. The molecule has 9 heteroatoms. The number of phosphoric ester groups is 1. The third-order valence-corrected chi connectivity index (χ3v) is 7.79. The van der Waals surface area contributed by atoms with Gasteiger partial charge in [0.15, 0.2) is 0 Å². The van der Waals surface area contributed by atoms with Gasteiger partial charge in [-0.1, -0.05) is 107 Å². The Morgan fingerprint density at radius 1 is 0.773 bits per heavy atom. The number of nitrogens with one attached hydrogen (secondary N) is 1. The average molecular weight is 639 g/mol. The maximum Gasteiger partial charge on any atom is 0.472 e. The summed E-state index contributed by atoms with van der Waals surface area (Å²) in [6.07, 6.45) is 37.0. The molecule has 3 unspecified atom stereocenters. The Hall–Kier alpha value is -1.80. The van der Waals surface area contributed by atoms with Crippen LogP contribution < -0.4 is 11.1 Å². The van der Waals surface area contributed by atoms with E-state index in [2.05, 4.69) is 67.8 Å². The highest BCUT2D eigenvalue weighted by atomic mass is 31.2. The molecule has 5 N–H and O–H groups in total. The summed E-state index contributed by atoms with van der Waals surface area (Å²) in [4.78, 5) is 22.5. The van der Waals surface area contributed by atoms with E-state index in [1.54, 1.807) is 6.08 Å². The van der Waals surface area contributed by atoms with Gasteiger partial charge in [-0.25, -0.2) is 4.57 Å². The molecule has 254 valence electrons. The van der Waals surface area contributed by atoms with Crippen LogP contribution in [0.15, 0.2) is 60.8 Å². The summed E-state index contributed by atoms with van der Waals surface area (Å²) in [5.74, 6) is -0.229. The van der Waals surface area contributed by atoms with E-state index in [9.17, 15) is 19.4 Å². The van der Waals surface area contributed by atoms with Crippen LogP contribution in [0, 0.1) is 0 Å². The molecule has 3 atom stereocenters. The molecule has 0 spiro atoms. The van der Waals surface area contributed by atoms with Gasteiger partial charge in [0.25, 0.3) is 0 Å². The van der Waals surface area contributed by atoms with Crippen molar-refractivity contribution in [1.29, 1.82) is 0 Å². The lowest BCUT2D eigenvalue weighted by Gasteiger charge is -2.23. The maximum absolute atomic E-state index is 12.6. The van der Waals surface area contributed by atoms with Crippen LogP contribution in [0.4, 0.5) is 0 Å². The zero-order chi connectivity index (χ0) is 32.6. The molecule has 0 aromatic rings. The second-order valence-corrected chi connectivity index (χ2v) is 12.4. The first-order valence-corrected chi connectivity index (χ1v) is 18.4. The number of aliphatic hydroxyl groups is 1. The molecule has 0 rings (SSSR count). The third kappa shape index (κ3) is 28.9. The normalized spacial score (nSPS) is 15.3. The smallest absolute Gasteiger partial charge is 0.387 e. The SMILES string of the molecule is CC/C=C/CC/C=C/CC/C=C/C(O)C(COP(=O)(O)OCCN)NC(=O)CCCCCCC/C=C\C/C=C\CCCCC. The van der Waals surface area contributed by atoms with E-state index in [0.717, 1.165) is 77.0 Å². The third-order valence-electron chi connectivity index (χ3n) is 6.80. The van der Waals surface area contributed by atoms with Crippen molar-refractivity contribution in [2.24, 2.45) is 5.73 Å². The Balaban J connectivity index is 4.45. The number of carbonyl (C=O) groups excluding carboxylic acids is 1. The molecular formula is C35H63N2O6P. The first-order valence-electron chi connectivity index (χ1n) is 16.9. The van der Waals surface area contributed by atoms with E-state index in [1.165, 1.54) is 25.7 Å². The molecule has 0 bridgehead atoms. The summed E-state index contributed by atoms with van der Waals surface area (Å²) in [5.41, 5.74) is 5.33. The summed E-state index contributed by atoms with van der Waals surface area (Å²) in [6, 6.07) is -0.889. The van der Waals surface area contributed by atoms with Crippen LogP contribution in [-0.2, 0) is 18.4 Å². The lowest BCUT2D eigenvalue weighted by atomic mass is 10.1. The van der Waals surface area contributed by atoms with Gasteiger partial charge in [-0.2, -0.15) is 0 Å². The number of nitrogens with two attached hydrogens (primary N) is 1. The van der Waals surface area contributed by atoms with E-state index in [-0.39, 0.29) is 25.7 Å². The highest BCUT2D eigenvalue weighted by Gasteiger charge is 2.26. The molecule has 0 saturated carbocycles. The van der Waals surface area contributed by atoms with E-state index in [4.69, 9.17) is 14.8 Å². The van der Waals surface area contributed by atoms with Gasteiger partial charge in [-0.15, -0.1) is 0 Å². The summed E-state index contributed by atoms with van der Waals surface area (Å²) in [5, 5.41) is 13.5. The van der Waals surface area contributed by atoms with Crippen LogP contribution in [0.25, 0.3) is 0 Å². The van der Waals surface area contributed by atoms with Crippen LogP contribution in [0.5, 0.6) is 0 Å². The van der Waals surface area contributed by atoms with E-state index < -0.39 is 20.0 Å². The second-order valence-electron chi connectivity index (χ2n) is 11.0. The predicted molar refractivity (Wildman–Crippen MR) is 184 cm³/mol.